The fourth-order valence-corrected chi connectivity index (χ4v) is 4.47. The summed E-state index contributed by atoms with van der Waals surface area (Å²) in [4.78, 5) is 2.76. The predicted octanol–water partition coefficient (Wildman–Crippen LogP) is 4.77. The average molecular weight is 257 g/mol. The summed E-state index contributed by atoms with van der Waals surface area (Å²) < 4.78 is 0. The first-order valence-electron chi connectivity index (χ1n) is 7.79. The Bertz CT molecular complexity index is 495. The van der Waals surface area contributed by atoms with E-state index in [1.165, 1.54) is 48.1 Å². The lowest BCUT2D eigenvalue weighted by atomic mass is 9.67. The highest BCUT2D eigenvalue weighted by Gasteiger charge is 2.47. The van der Waals surface area contributed by atoms with E-state index in [0.717, 1.165) is 5.92 Å². The van der Waals surface area contributed by atoms with Crippen molar-refractivity contribution in [1.29, 1.82) is 0 Å². The molecule has 3 fully saturated rings. The molecule has 1 nitrogen and oxygen atoms in total. The number of piperidine rings is 2. The van der Waals surface area contributed by atoms with Gasteiger partial charge in [0.05, 0.1) is 0 Å². The summed E-state index contributed by atoms with van der Waals surface area (Å²) in [5.74, 6) is 0.905. The van der Waals surface area contributed by atoms with Crippen LogP contribution in [0.5, 0.6) is 0 Å². The third-order valence-corrected chi connectivity index (χ3v) is 5.82. The minimum atomic E-state index is 0.388. The van der Waals surface area contributed by atoms with Crippen LogP contribution in [0.1, 0.15) is 56.2 Å². The van der Waals surface area contributed by atoms with E-state index in [1.54, 1.807) is 0 Å². The number of hydrogen-bond donors (Lipinski definition) is 0. The van der Waals surface area contributed by atoms with Crippen LogP contribution in [0.4, 0.5) is 5.69 Å². The minimum Gasteiger partial charge on any atom is -0.363 e. The first-order chi connectivity index (χ1) is 8.92. The second kappa shape index (κ2) is 4.26. The van der Waals surface area contributed by atoms with Gasteiger partial charge in [-0.05, 0) is 89.0 Å². The van der Waals surface area contributed by atoms with E-state index in [9.17, 15) is 0 Å². The molecular formula is C18H27N. The van der Waals surface area contributed by atoms with E-state index in [-0.39, 0.29) is 0 Å². The van der Waals surface area contributed by atoms with Gasteiger partial charge in [0.2, 0.25) is 0 Å². The standard InChI is InChI=1S/C18H27N/c1-12-10-13(2)14(3)17(11-12)19-15(4)16-6-8-18(19,5)9-7-16/h10-11,15-16H,6-9H2,1-5H3/t15-,16?,18?/m0/s1. The number of nitrogens with zero attached hydrogens (tertiary/aromatic N) is 1. The van der Waals surface area contributed by atoms with Crippen LogP contribution >= 0.6 is 0 Å². The summed E-state index contributed by atoms with van der Waals surface area (Å²) in [5.41, 5.74) is 6.20. The lowest BCUT2D eigenvalue weighted by molar-refractivity contribution is 0.134. The first-order valence-corrected chi connectivity index (χ1v) is 7.79. The van der Waals surface area contributed by atoms with Crippen LogP contribution in [-0.2, 0) is 0 Å². The number of aryl methyl sites for hydroxylation is 2. The van der Waals surface area contributed by atoms with Crippen LogP contribution in [0.25, 0.3) is 0 Å². The van der Waals surface area contributed by atoms with E-state index < -0.39 is 0 Å². The van der Waals surface area contributed by atoms with Crippen molar-refractivity contribution in [2.24, 2.45) is 5.92 Å². The smallest absolute Gasteiger partial charge is 0.0408 e. The third kappa shape index (κ3) is 1.89. The molecule has 3 aliphatic rings. The Morgan fingerprint density at radius 1 is 1.11 bits per heavy atom. The maximum Gasteiger partial charge on any atom is 0.0408 e. The molecule has 0 spiro atoms. The predicted molar refractivity (Wildman–Crippen MR) is 83.0 cm³/mol. The number of anilines is 1. The maximum atomic E-state index is 2.76. The van der Waals surface area contributed by atoms with E-state index in [0.29, 0.717) is 11.6 Å². The molecule has 2 saturated heterocycles. The van der Waals surface area contributed by atoms with Crippen molar-refractivity contribution in [2.75, 3.05) is 4.90 Å². The van der Waals surface area contributed by atoms with Gasteiger partial charge >= 0.3 is 0 Å². The van der Waals surface area contributed by atoms with Crippen LogP contribution in [0.3, 0.4) is 0 Å². The van der Waals surface area contributed by atoms with Gasteiger partial charge in [-0.2, -0.15) is 0 Å². The van der Waals surface area contributed by atoms with Crippen LogP contribution in [0.15, 0.2) is 12.1 Å². The fourth-order valence-electron chi connectivity index (χ4n) is 4.47. The summed E-state index contributed by atoms with van der Waals surface area (Å²) in [6.45, 7) is 11.7. The lowest BCUT2D eigenvalue weighted by Gasteiger charge is -2.58. The van der Waals surface area contributed by atoms with Crippen molar-refractivity contribution >= 4 is 5.69 Å². The summed E-state index contributed by atoms with van der Waals surface area (Å²) in [6, 6.07) is 5.42. The van der Waals surface area contributed by atoms with Crippen molar-refractivity contribution < 1.29 is 0 Å². The number of hydrogen-bond acceptors (Lipinski definition) is 1. The van der Waals surface area contributed by atoms with E-state index >= 15 is 0 Å². The van der Waals surface area contributed by atoms with Crippen molar-refractivity contribution in [1.82, 2.24) is 0 Å². The van der Waals surface area contributed by atoms with Crippen LogP contribution < -0.4 is 4.90 Å². The zero-order valence-electron chi connectivity index (χ0n) is 13.1. The van der Waals surface area contributed by atoms with Gasteiger partial charge in [0.1, 0.15) is 0 Å². The SMILES string of the molecule is Cc1cc(C)c(C)c(N2[C@@H](C)C3CCC2(C)CC3)c1. The summed E-state index contributed by atoms with van der Waals surface area (Å²) in [7, 11) is 0. The summed E-state index contributed by atoms with van der Waals surface area (Å²) in [6.07, 6.45) is 5.60. The average Bonchev–Trinajstić information content (AvgIpc) is 2.35. The van der Waals surface area contributed by atoms with E-state index in [4.69, 9.17) is 0 Å². The topological polar surface area (TPSA) is 3.24 Å². The van der Waals surface area contributed by atoms with Crippen LogP contribution in [0, 0.1) is 26.7 Å². The van der Waals surface area contributed by atoms with Gasteiger partial charge in [-0.3, -0.25) is 0 Å². The molecule has 0 N–H and O–H groups in total. The molecule has 1 heteroatoms. The molecule has 1 aromatic carbocycles. The molecule has 2 bridgehead atoms. The number of rotatable bonds is 1. The normalized spacial score (nSPS) is 33.8. The maximum absolute atomic E-state index is 2.76. The Kier molecular flexibility index (Phi) is 2.92. The molecule has 19 heavy (non-hydrogen) atoms. The Labute approximate surface area is 118 Å². The number of fused-ring (bicyclic) bond motifs is 3. The third-order valence-electron chi connectivity index (χ3n) is 5.82. The molecule has 1 aromatic rings. The minimum absolute atomic E-state index is 0.388. The molecule has 1 aliphatic carbocycles. The van der Waals surface area contributed by atoms with Gasteiger partial charge in [-0.1, -0.05) is 6.07 Å². The van der Waals surface area contributed by atoms with Crippen molar-refractivity contribution in [2.45, 2.75) is 71.9 Å². The Morgan fingerprint density at radius 2 is 1.74 bits per heavy atom. The highest BCUT2D eigenvalue weighted by atomic mass is 15.2. The zero-order chi connectivity index (χ0) is 13.8. The molecule has 0 amide bonds. The molecule has 4 rings (SSSR count). The molecule has 104 valence electrons. The van der Waals surface area contributed by atoms with E-state index in [2.05, 4.69) is 51.7 Å². The molecule has 0 aromatic heterocycles. The van der Waals surface area contributed by atoms with Gasteiger partial charge < -0.3 is 4.90 Å². The second-order valence-corrected chi connectivity index (χ2v) is 7.17. The fraction of sp³-hybridized carbons (Fsp3) is 0.667. The van der Waals surface area contributed by atoms with Gasteiger partial charge in [0.25, 0.3) is 0 Å². The van der Waals surface area contributed by atoms with Gasteiger partial charge in [-0.15, -0.1) is 0 Å². The Morgan fingerprint density at radius 3 is 2.32 bits per heavy atom. The quantitative estimate of drug-likeness (QED) is 0.700. The van der Waals surface area contributed by atoms with E-state index in [1.807, 2.05) is 0 Å². The summed E-state index contributed by atoms with van der Waals surface area (Å²) in [5, 5.41) is 0. The van der Waals surface area contributed by atoms with Gasteiger partial charge in [-0.25, -0.2) is 0 Å². The first kappa shape index (κ1) is 13.0. The highest BCUT2D eigenvalue weighted by molar-refractivity contribution is 5.61. The molecular weight excluding hydrogens is 230 g/mol. The van der Waals surface area contributed by atoms with Crippen LogP contribution in [-0.4, -0.2) is 11.6 Å². The highest BCUT2D eigenvalue weighted by Crippen LogP contribution is 2.49. The molecule has 1 atom stereocenters. The van der Waals surface area contributed by atoms with Crippen molar-refractivity contribution in [3.63, 3.8) is 0 Å². The number of benzene rings is 1. The van der Waals surface area contributed by atoms with Gasteiger partial charge in [0, 0.05) is 17.3 Å². The lowest BCUT2D eigenvalue weighted by Crippen LogP contribution is -2.61. The zero-order valence-corrected chi connectivity index (χ0v) is 13.1. The van der Waals surface area contributed by atoms with Crippen molar-refractivity contribution in [3.05, 3.63) is 28.8 Å². The molecule has 1 saturated carbocycles. The Balaban J connectivity index is 2.11. The molecule has 0 unspecified atom stereocenters. The Hall–Kier alpha value is -0.980. The molecule has 0 radical (unpaired) electrons. The molecule has 2 aliphatic heterocycles. The molecule has 2 heterocycles. The van der Waals surface area contributed by atoms with Crippen molar-refractivity contribution in [3.8, 4) is 0 Å². The largest absolute Gasteiger partial charge is 0.363 e. The second-order valence-electron chi connectivity index (χ2n) is 7.17. The summed E-state index contributed by atoms with van der Waals surface area (Å²) >= 11 is 0. The van der Waals surface area contributed by atoms with Gasteiger partial charge in [0.15, 0.2) is 0 Å². The van der Waals surface area contributed by atoms with Crippen LogP contribution in [0.2, 0.25) is 0 Å². The monoisotopic (exact) mass is 257 g/mol.